The van der Waals surface area contributed by atoms with Crippen LogP contribution in [0.3, 0.4) is 0 Å². The van der Waals surface area contributed by atoms with Crippen molar-refractivity contribution < 1.29 is 19.2 Å². The third-order valence-corrected chi connectivity index (χ3v) is 3.42. The maximum Gasteiger partial charge on any atom is 0.340 e. The highest BCUT2D eigenvalue weighted by atomic mass is 35.5. The summed E-state index contributed by atoms with van der Waals surface area (Å²) in [5.74, 6) is -0.983. The van der Waals surface area contributed by atoms with Gasteiger partial charge in [-0.05, 0) is 18.9 Å². The van der Waals surface area contributed by atoms with Gasteiger partial charge in [0.05, 0.1) is 15.5 Å². The van der Waals surface area contributed by atoms with Gasteiger partial charge in [0.1, 0.15) is 0 Å². The van der Waals surface area contributed by atoms with E-state index >= 15 is 0 Å². The second-order valence-corrected chi connectivity index (χ2v) is 5.50. The Morgan fingerprint density at radius 2 is 2.00 bits per heavy atom. The van der Waals surface area contributed by atoms with E-state index in [1.54, 1.807) is 0 Å². The average molecular weight is 329 g/mol. The molecule has 0 unspecified atom stereocenters. The Morgan fingerprint density at radius 1 is 1.36 bits per heavy atom. The number of halogens is 1. The molecule has 1 amide bonds. The van der Waals surface area contributed by atoms with Crippen LogP contribution in [0.4, 0.5) is 5.69 Å². The number of benzene rings is 1. The van der Waals surface area contributed by atoms with Crippen LogP contribution in [-0.4, -0.2) is 29.4 Å². The van der Waals surface area contributed by atoms with Gasteiger partial charge in [-0.15, -0.1) is 0 Å². The van der Waals surface area contributed by atoms with E-state index in [1.165, 1.54) is 6.07 Å². The van der Waals surface area contributed by atoms with E-state index in [0.717, 1.165) is 12.1 Å². The topological polar surface area (TPSA) is 98.5 Å². The molecule has 1 aromatic rings. The predicted octanol–water partition coefficient (Wildman–Crippen LogP) is 2.57. The summed E-state index contributed by atoms with van der Waals surface area (Å²) in [5.41, 5.74) is -0.262. The Labute approximate surface area is 132 Å². The highest BCUT2D eigenvalue weighted by Crippen LogP contribution is 2.23. The number of nitrogens with zero attached hydrogens (tertiary/aromatic N) is 1. The molecule has 7 nitrogen and oxygen atoms in total. The smallest absolute Gasteiger partial charge is 0.340 e. The highest BCUT2D eigenvalue weighted by Gasteiger charge is 2.18. The maximum absolute atomic E-state index is 11.8. The summed E-state index contributed by atoms with van der Waals surface area (Å²) in [6.45, 7) is 5.31. The molecule has 0 fully saturated rings. The van der Waals surface area contributed by atoms with E-state index < -0.39 is 23.4 Å². The number of hydrogen-bond acceptors (Lipinski definition) is 5. The molecule has 1 N–H and O–H groups in total. The van der Waals surface area contributed by atoms with E-state index in [9.17, 15) is 19.7 Å². The number of rotatable bonds is 6. The zero-order valence-corrected chi connectivity index (χ0v) is 13.2. The Hall–Kier alpha value is -2.15. The van der Waals surface area contributed by atoms with Gasteiger partial charge in [0.2, 0.25) is 0 Å². The normalized spacial score (nSPS) is 11.9. The molecule has 1 rings (SSSR count). The Balaban J connectivity index is 2.63. The summed E-state index contributed by atoms with van der Waals surface area (Å²) in [6.07, 6.45) is 0. The summed E-state index contributed by atoms with van der Waals surface area (Å²) in [4.78, 5) is 33.4. The van der Waals surface area contributed by atoms with Crippen molar-refractivity contribution in [3.05, 3.63) is 38.9 Å². The van der Waals surface area contributed by atoms with Crippen molar-refractivity contribution in [3.63, 3.8) is 0 Å². The first-order valence-electron chi connectivity index (χ1n) is 6.62. The van der Waals surface area contributed by atoms with Gasteiger partial charge in [0.15, 0.2) is 6.61 Å². The molecular weight excluding hydrogens is 312 g/mol. The molecule has 1 atom stereocenters. The third-order valence-electron chi connectivity index (χ3n) is 3.11. The SMILES string of the molecule is CC(C)[C@H](C)NC(=O)COC(=O)c1ccc([N+](=O)[O-])cc1Cl. The van der Waals surface area contributed by atoms with Crippen LogP contribution in [0.15, 0.2) is 18.2 Å². The third kappa shape index (κ3) is 5.00. The van der Waals surface area contributed by atoms with Crippen LogP contribution in [0.2, 0.25) is 5.02 Å². The van der Waals surface area contributed by atoms with Gasteiger partial charge in [0.25, 0.3) is 11.6 Å². The average Bonchev–Trinajstić information content (AvgIpc) is 2.44. The summed E-state index contributed by atoms with van der Waals surface area (Å²) in [5, 5.41) is 13.2. The van der Waals surface area contributed by atoms with Crippen LogP contribution in [0.25, 0.3) is 0 Å². The van der Waals surface area contributed by atoms with Crippen LogP contribution in [0.1, 0.15) is 31.1 Å². The zero-order valence-electron chi connectivity index (χ0n) is 12.5. The summed E-state index contributed by atoms with van der Waals surface area (Å²) >= 11 is 5.80. The number of nitro benzene ring substituents is 1. The lowest BCUT2D eigenvalue weighted by Gasteiger charge is -2.17. The van der Waals surface area contributed by atoms with Crippen molar-refractivity contribution in [2.45, 2.75) is 26.8 Å². The summed E-state index contributed by atoms with van der Waals surface area (Å²) in [7, 11) is 0. The largest absolute Gasteiger partial charge is 0.452 e. The summed E-state index contributed by atoms with van der Waals surface area (Å²) < 4.78 is 4.85. The molecule has 0 radical (unpaired) electrons. The second-order valence-electron chi connectivity index (χ2n) is 5.10. The van der Waals surface area contributed by atoms with Gasteiger partial charge in [-0.1, -0.05) is 25.4 Å². The molecule has 0 aliphatic heterocycles. The van der Waals surface area contributed by atoms with Crippen LogP contribution < -0.4 is 5.32 Å². The van der Waals surface area contributed by atoms with Crippen molar-refractivity contribution in [2.75, 3.05) is 6.61 Å². The molecular formula is C14H17ClN2O5. The number of nitro groups is 1. The van der Waals surface area contributed by atoms with E-state index in [4.69, 9.17) is 16.3 Å². The van der Waals surface area contributed by atoms with Crippen LogP contribution in [-0.2, 0) is 9.53 Å². The zero-order chi connectivity index (χ0) is 16.9. The quantitative estimate of drug-likeness (QED) is 0.491. The van der Waals surface area contributed by atoms with Gasteiger partial charge in [-0.3, -0.25) is 14.9 Å². The number of carbonyl (C=O) groups is 2. The van der Waals surface area contributed by atoms with Crippen molar-refractivity contribution in [3.8, 4) is 0 Å². The molecule has 0 aromatic heterocycles. The fourth-order valence-electron chi connectivity index (χ4n) is 1.45. The molecule has 0 saturated heterocycles. The summed E-state index contributed by atoms with van der Waals surface area (Å²) in [6, 6.07) is 3.34. The molecule has 1 aromatic carbocycles. The van der Waals surface area contributed by atoms with Crippen molar-refractivity contribution >= 4 is 29.2 Å². The first-order chi connectivity index (χ1) is 10.2. The highest BCUT2D eigenvalue weighted by molar-refractivity contribution is 6.33. The van der Waals surface area contributed by atoms with E-state index in [1.807, 2.05) is 20.8 Å². The number of nitrogens with one attached hydrogen (secondary N) is 1. The molecule has 8 heteroatoms. The molecule has 0 aliphatic carbocycles. The van der Waals surface area contributed by atoms with E-state index in [-0.39, 0.29) is 28.2 Å². The molecule has 0 heterocycles. The molecule has 120 valence electrons. The molecule has 0 spiro atoms. The van der Waals surface area contributed by atoms with Gasteiger partial charge in [0, 0.05) is 18.2 Å². The van der Waals surface area contributed by atoms with Gasteiger partial charge in [-0.25, -0.2) is 4.79 Å². The number of ether oxygens (including phenoxy) is 1. The first kappa shape index (κ1) is 17.9. The number of carbonyl (C=O) groups excluding carboxylic acids is 2. The Morgan fingerprint density at radius 3 is 2.50 bits per heavy atom. The molecule has 0 aliphatic rings. The number of hydrogen-bond donors (Lipinski definition) is 1. The molecule has 22 heavy (non-hydrogen) atoms. The van der Waals surface area contributed by atoms with Crippen molar-refractivity contribution in [2.24, 2.45) is 5.92 Å². The van der Waals surface area contributed by atoms with Gasteiger partial charge < -0.3 is 10.1 Å². The Bertz CT molecular complexity index is 589. The number of amides is 1. The van der Waals surface area contributed by atoms with Crippen LogP contribution in [0, 0.1) is 16.0 Å². The van der Waals surface area contributed by atoms with Crippen LogP contribution in [0.5, 0.6) is 0 Å². The predicted molar refractivity (Wildman–Crippen MR) is 80.8 cm³/mol. The van der Waals surface area contributed by atoms with Crippen molar-refractivity contribution in [1.82, 2.24) is 5.32 Å². The number of esters is 1. The first-order valence-corrected chi connectivity index (χ1v) is 7.00. The Kier molecular flexibility index (Phi) is 6.30. The molecule has 0 saturated carbocycles. The lowest BCUT2D eigenvalue weighted by atomic mass is 10.1. The second kappa shape index (κ2) is 7.74. The van der Waals surface area contributed by atoms with Gasteiger partial charge >= 0.3 is 5.97 Å². The fourth-order valence-corrected chi connectivity index (χ4v) is 1.71. The van der Waals surface area contributed by atoms with E-state index in [2.05, 4.69) is 5.32 Å². The minimum absolute atomic E-state index is 0.0306. The maximum atomic E-state index is 11.8. The van der Waals surface area contributed by atoms with E-state index in [0.29, 0.717) is 0 Å². The minimum Gasteiger partial charge on any atom is -0.452 e. The number of non-ortho nitro benzene ring substituents is 1. The molecule has 0 bridgehead atoms. The minimum atomic E-state index is -0.813. The monoisotopic (exact) mass is 328 g/mol. The fraction of sp³-hybridized carbons (Fsp3) is 0.429. The standard InChI is InChI=1S/C14H17ClN2O5/c1-8(2)9(3)16-13(18)7-22-14(19)11-5-4-10(17(20)21)6-12(11)15/h4-6,8-9H,7H2,1-3H3,(H,16,18)/t9-/m0/s1. The van der Waals surface area contributed by atoms with Gasteiger partial charge in [-0.2, -0.15) is 0 Å². The lowest BCUT2D eigenvalue weighted by Crippen LogP contribution is -2.38. The van der Waals surface area contributed by atoms with Crippen molar-refractivity contribution in [1.29, 1.82) is 0 Å². The van der Waals surface area contributed by atoms with Crippen LogP contribution >= 0.6 is 11.6 Å². The lowest BCUT2D eigenvalue weighted by molar-refractivity contribution is -0.384.